The lowest BCUT2D eigenvalue weighted by Crippen LogP contribution is -1.96. The van der Waals surface area contributed by atoms with Gasteiger partial charge in [0.15, 0.2) is 0 Å². The summed E-state index contributed by atoms with van der Waals surface area (Å²) in [6.07, 6.45) is 7.73. The number of halogens is 2. The third-order valence-corrected chi connectivity index (χ3v) is 6.10. The van der Waals surface area contributed by atoms with E-state index in [1.165, 1.54) is 10.9 Å². The molecule has 30 heavy (non-hydrogen) atoms. The molecule has 1 aliphatic carbocycles. The van der Waals surface area contributed by atoms with Crippen molar-refractivity contribution in [2.45, 2.75) is 19.3 Å². The molecule has 2 aromatic carbocycles. The van der Waals surface area contributed by atoms with Crippen molar-refractivity contribution in [1.82, 2.24) is 0 Å². The second-order valence-electron chi connectivity index (χ2n) is 7.09. The number of thiophene rings is 1. The first-order valence-electron chi connectivity index (χ1n) is 9.55. The highest BCUT2D eigenvalue weighted by molar-refractivity contribution is 7.78. The van der Waals surface area contributed by atoms with Crippen LogP contribution in [0.5, 0.6) is 0 Å². The number of hydrogen-bond acceptors (Lipinski definition) is 3. The minimum atomic E-state index is -0.548. The molecule has 1 aliphatic rings. The van der Waals surface area contributed by atoms with E-state index in [0.29, 0.717) is 17.2 Å². The molecule has 0 aliphatic heterocycles. The Hall–Kier alpha value is -2.90. The molecule has 0 atom stereocenters. The maximum atomic E-state index is 14.6. The Labute approximate surface area is 183 Å². The highest BCUT2D eigenvalue weighted by Gasteiger charge is 2.13. The number of nitrogens with zero attached hydrogens (tertiary/aromatic N) is 1. The lowest BCUT2D eigenvalue weighted by molar-refractivity contribution is 0.572. The largest absolute Gasteiger partial charge is 0.206 e. The Balaban J connectivity index is 1.53. The molecule has 1 heterocycles. The Morgan fingerprint density at radius 3 is 2.47 bits per heavy atom. The van der Waals surface area contributed by atoms with Gasteiger partial charge in [-0.3, -0.25) is 0 Å². The van der Waals surface area contributed by atoms with E-state index in [1.807, 2.05) is 6.07 Å². The van der Waals surface area contributed by atoms with Crippen molar-refractivity contribution in [3.8, 4) is 23.0 Å². The molecule has 5 heteroatoms. The summed E-state index contributed by atoms with van der Waals surface area (Å²) in [5.41, 5.74) is 1.39. The second-order valence-corrected chi connectivity index (χ2v) is 8.44. The van der Waals surface area contributed by atoms with Gasteiger partial charge in [0.25, 0.3) is 0 Å². The first-order chi connectivity index (χ1) is 14.6. The molecule has 0 radical (unpaired) electrons. The third-order valence-electron chi connectivity index (χ3n) is 4.99. The summed E-state index contributed by atoms with van der Waals surface area (Å²) in [7, 11) is 0. The smallest absolute Gasteiger partial charge is 0.139 e. The average Bonchev–Trinajstić information content (AvgIpc) is 3.42. The van der Waals surface area contributed by atoms with E-state index in [2.05, 4.69) is 52.4 Å². The van der Waals surface area contributed by atoms with Gasteiger partial charge in [-0.15, -0.1) is 11.3 Å². The molecule has 1 aromatic heterocycles. The predicted octanol–water partition coefficient (Wildman–Crippen LogP) is 7.34. The fourth-order valence-electron chi connectivity index (χ4n) is 3.44. The quantitative estimate of drug-likeness (QED) is 0.181. The van der Waals surface area contributed by atoms with Gasteiger partial charge < -0.3 is 0 Å². The molecule has 3 aromatic rings. The molecule has 0 saturated heterocycles. The molecule has 0 fully saturated rings. The van der Waals surface area contributed by atoms with Crippen molar-refractivity contribution in [3.05, 3.63) is 87.6 Å². The molecule has 0 bridgehead atoms. The molecule has 0 saturated carbocycles. The van der Waals surface area contributed by atoms with Crippen LogP contribution in [0, 0.1) is 29.4 Å². The van der Waals surface area contributed by atoms with Crippen LogP contribution in [0.15, 0.2) is 65.7 Å². The molecule has 0 spiro atoms. The van der Waals surface area contributed by atoms with Crippen molar-refractivity contribution < 1.29 is 8.78 Å². The van der Waals surface area contributed by atoms with Crippen LogP contribution in [0.1, 0.15) is 28.2 Å². The monoisotopic (exact) mass is 433 g/mol. The maximum Gasteiger partial charge on any atom is 0.139 e. The van der Waals surface area contributed by atoms with Gasteiger partial charge in [0.05, 0.1) is 21.3 Å². The highest BCUT2D eigenvalue weighted by atomic mass is 32.1. The zero-order chi connectivity index (χ0) is 20.9. The standard InChI is InChI=1S/C25H17F2NS2/c26-24-15-23(18-5-8-20(9-6-18)28-16-29)25(27)14-19(24)7-10-21-11-12-22(30-21)13-17-3-1-2-4-17/h1-2,5-6,8-9,11-12,14-15,17H,3-4,13H2. The van der Waals surface area contributed by atoms with Gasteiger partial charge in [-0.05, 0) is 79.4 Å². The SMILES string of the molecule is Fc1cc(-c2ccc(N=C=S)cc2)c(F)cc1C#Cc1ccc(CC2CC=CC2)s1. The highest BCUT2D eigenvalue weighted by Crippen LogP contribution is 2.28. The predicted molar refractivity (Wildman–Crippen MR) is 122 cm³/mol. The lowest BCUT2D eigenvalue weighted by Gasteiger charge is -2.06. The number of thiocarbonyl (C=S) groups is 1. The summed E-state index contributed by atoms with van der Waals surface area (Å²) in [5, 5.41) is 2.28. The van der Waals surface area contributed by atoms with Crippen LogP contribution in [-0.4, -0.2) is 5.16 Å². The van der Waals surface area contributed by atoms with Crippen molar-refractivity contribution in [2.24, 2.45) is 10.9 Å². The maximum absolute atomic E-state index is 14.6. The number of benzene rings is 2. The molecular weight excluding hydrogens is 416 g/mol. The molecule has 0 unspecified atom stereocenters. The van der Waals surface area contributed by atoms with Crippen molar-refractivity contribution >= 4 is 34.4 Å². The number of isothiocyanates is 1. The zero-order valence-electron chi connectivity index (χ0n) is 16.0. The minimum Gasteiger partial charge on any atom is -0.206 e. The number of allylic oxidation sites excluding steroid dienone is 2. The van der Waals surface area contributed by atoms with Crippen LogP contribution in [-0.2, 0) is 6.42 Å². The van der Waals surface area contributed by atoms with Gasteiger partial charge in [-0.25, -0.2) is 8.78 Å². The van der Waals surface area contributed by atoms with E-state index in [0.717, 1.165) is 30.2 Å². The molecule has 0 amide bonds. The summed E-state index contributed by atoms with van der Waals surface area (Å²) in [6, 6.07) is 13.0. The number of aliphatic imine (C=N–C) groups is 1. The minimum absolute atomic E-state index is 0.0492. The normalized spacial score (nSPS) is 13.0. The van der Waals surface area contributed by atoms with Crippen LogP contribution in [0.25, 0.3) is 11.1 Å². The van der Waals surface area contributed by atoms with Crippen LogP contribution in [0.3, 0.4) is 0 Å². The zero-order valence-corrected chi connectivity index (χ0v) is 17.6. The first-order valence-corrected chi connectivity index (χ1v) is 10.8. The van der Waals surface area contributed by atoms with E-state index < -0.39 is 11.6 Å². The molecule has 4 rings (SSSR count). The van der Waals surface area contributed by atoms with Crippen molar-refractivity contribution in [3.63, 3.8) is 0 Å². The van der Waals surface area contributed by atoms with E-state index in [4.69, 9.17) is 0 Å². The van der Waals surface area contributed by atoms with Crippen molar-refractivity contribution in [1.29, 1.82) is 0 Å². The fraction of sp³-hybridized carbons (Fsp3) is 0.160. The first kappa shape index (κ1) is 20.4. The van der Waals surface area contributed by atoms with Gasteiger partial charge in [-0.2, -0.15) is 4.99 Å². The van der Waals surface area contributed by atoms with E-state index in [-0.39, 0.29) is 11.1 Å². The topological polar surface area (TPSA) is 12.4 Å². The lowest BCUT2D eigenvalue weighted by atomic mass is 10.0. The van der Waals surface area contributed by atoms with Gasteiger partial charge in [0.2, 0.25) is 0 Å². The fourth-order valence-corrected chi connectivity index (χ4v) is 4.52. The summed E-state index contributed by atoms with van der Waals surface area (Å²) in [6.45, 7) is 0. The summed E-state index contributed by atoms with van der Waals surface area (Å²) < 4.78 is 29.2. The Kier molecular flexibility index (Phi) is 6.30. The van der Waals surface area contributed by atoms with Crippen LogP contribution >= 0.6 is 23.6 Å². The van der Waals surface area contributed by atoms with Gasteiger partial charge in [0, 0.05) is 10.4 Å². The van der Waals surface area contributed by atoms with Crippen LogP contribution < -0.4 is 0 Å². The van der Waals surface area contributed by atoms with Gasteiger partial charge in [-0.1, -0.05) is 36.1 Å². The van der Waals surface area contributed by atoms with E-state index in [1.54, 1.807) is 35.6 Å². The third kappa shape index (κ3) is 4.80. The number of rotatable bonds is 4. The van der Waals surface area contributed by atoms with E-state index in [9.17, 15) is 8.78 Å². The Morgan fingerprint density at radius 2 is 1.73 bits per heavy atom. The molecule has 1 nitrogen and oxygen atoms in total. The molecule has 0 N–H and O–H groups in total. The average molecular weight is 434 g/mol. The van der Waals surface area contributed by atoms with Gasteiger partial charge >= 0.3 is 0 Å². The van der Waals surface area contributed by atoms with Crippen LogP contribution in [0.2, 0.25) is 0 Å². The van der Waals surface area contributed by atoms with Crippen molar-refractivity contribution in [2.75, 3.05) is 0 Å². The Morgan fingerprint density at radius 1 is 0.967 bits per heavy atom. The summed E-state index contributed by atoms with van der Waals surface area (Å²) in [5.74, 6) is 5.35. The number of hydrogen-bond donors (Lipinski definition) is 0. The Bertz CT molecular complexity index is 1200. The summed E-state index contributed by atoms with van der Waals surface area (Å²) >= 11 is 6.18. The summed E-state index contributed by atoms with van der Waals surface area (Å²) in [4.78, 5) is 5.99. The van der Waals surface area contributed by atoms with Crippen LogP contribution in [0.4, 0.5) is 14.5 Å². The van der Waals surface area contributed by atoms with E-state index >= 15 is 0 Å². The molecule has 148 valence electrons. The second kappa shape index (κ2) is 9.28. The molecular formula is C25H17F2NS2. The van der Waals surface area contributed by atoms with Gasteiger partial charge in [0.1, 0.15) is 11.6 Å².